The van der Waals surface area contributed by atoms with Gasteiger partial charge >= 0.3 is 6.18 Å². The predicted octanol–water partition coefficient (Wildman–Crippen LogP) is 4.54. The van der Waals surface area contributed by atoms with E-state index in [1.165, 1.54) is 31.3 Å². The van der Waals surface area contributed by atoms with Crippen LogP contribution < -0.4 is 5.32 Å². The Morgan fingerprint density at radius 3 is 2.36 bits per heavy atom. The van der Waals surface area contributed by atoms with Crippen molar-refractivity contribution in [2.24, 2.45) is 0 Å². The van der Waals surface area contributed by atoms with Crippen LogP contribution in [0.3, 0.4) is 0 Å². The molecule has 2 rings (SSSR count). The Hall–Kier alpha value is -2.74. The van der Waals surface area contributed by atoms with Crippen LogP contribution >= 0.6 is 11.8 Å². The fourth-order valence-electron chi connectivity index (χ4n) is 2.33. The van der Waals surface area contributed by atoms with Gasteiger partial charge in [-0.15, -0.1) is 11.8 Å². The van der Waals surface area contributed by atoms with Gasteiger partial charge in [-0.3, -0.25) is 9.59 Å². The van der Waals surface area contributed by atoms with Crippen LogP contribution in [-0.2, 0) is 15.8 Å². The van der Waals surface area contributed by atoms with Crippen LogP contribution in [0.1, 0.15) is 11.1 Å². The van der Waals surface area contributed by atoms with E-state index in [2.05, 4.69) is 5.32 Å². The van der Waals surface area contributed by atoms with Crippen molar-refractivity contribution in [2.45, 2.75) is 11.1 Å². The third kappa shape index (κ3) is 6.16. The van der Waals surface area contributed by atoms with E-state index in [1.807, 2.05) is 30.5 Å². The molecule has 1 N–H and O–H groups in total. The molecule has 4 nitrogen and oxygen atoms in total. The summed E-state index contributed by atoms with van der Waals surface area (Å²) in [6, 6.07) is 12.2. The maximum atomic E-state index is 13.0. The third-order valence-electron chi connectivity index (χ3n) is 3.80. The molecular formula is C20H19F3N2O2S. The van der Waals surface area contributed by atoms with Gasteiger partial charge in [0.1, 0.15) is 0 Å². The van der Waals surface area contributed by atoms with Crippen molar-refractivity contribution in [3.63, 3.8) is 0 Å². The van der Waals surface area contributed by atoms with Gasteiger partial charge in [0.25, 0.3) is 0 Å². The quantitative estimate of drug-likeness (QED) is 0.564. The number of nitrogens with one attached hydrogen (secondary N) is 1. The number of hydrogen-bond acceptors (Lipinski definition) is 3. The third-order valence-corrected chi connectivity index (χ3v) is 4.54. The molecule has 0 fully saturated rings. The normalized spacial score (nSPS) is 11.5. The molecular weight excluding hydrogens is 389 g/mol. The fraction of sp³-hybridized carbons (Fsp3) is 0.200. The van der Waals surface area contributed by atoms with Gasteiger partial charge in [0.05, 0.1) is 17.8 Å². The zero-order chi connectivity index (χ0) is 20.7. The second kappa shape index (κ2) is 9.45. The first kappa shape index (κ1) is 21.6. The lowest BCUT2D eigenvalue weighted by atomic mass is 10.1. The van der Waals surface area contributed by atoms with E-state index < -0.39 is 23.6 Å². The van der Waals surface area contributed by atoms with Gasteiger partial charge in [-0.2, -0.15) is 13.2 Å². The van der Waals surface area contributed by atoms with Gasteiger partial charge in [-0.25, -0.2) is 0 Å². The number of carbonyl (C=O) groups excluding carboxylic acids is 2. The van der Waals surface area contributed by atoms with Crippen molar-refractivity contribution in [1.82, 2.24) is 4.90 Å². The average Bonchev–Trinajstić information content (AvgIpc) is 2.65. The van der Waals surface area contributed by atoms with E-state index >= 15 is 0 Å². The number of alkyl halides is 3. The van der Waals surface area contributed by atoms with Crippen LogP contribution in [0.5, 0.6) is 0 Å². The lowest BCUT2D eigenvalue weighted by Gasteiger charge is -2.17. The average molecular weight is 408 g/mol. The number of thioether (sulfide) groups is 1. The Balaban J connectivity index is 1.96. The summed E-state index contributed by atoms with van der Waals surface area (Å²) in [7, 11) is 1.40. The summed E-state index contributed by atoms with van der Waals surface area (Å²) in [5.74, 6) is -1.15. The monoisotopic (exact) mass is 408 g/mol. The molecule has 0 saturated carbocycles. The highest BCUT2D eigenvalue weighted by molar-refractivity contribution is 7.98. The number of amides is 2. The smallest absolute Gasteiger partial charge is 0.333 e. The van der Waals surface area contributed by atoms with Crippen LogP contribution in [-0.4, -0.2) is 36.6 Å². The number of likely N-dealkylation sites (N-methyl/N-ethyl adjacent to an activating group) is 1. The molecule has 0 unspecified atom stereocenters. The molecule has 0 spiro atoms. The van der Waals surface area contributed by atoms with Gasteiger partial charge in [0, 0.05) is 18.0 Å². The highest BCUT2D eigenvalue weighted by Gasteiger charge is 2.33. The minimum absolute atomic E-state index is 0.342. The summed E-state index contributed by atoms with van der Waals surface area (Å²) in [6.07, 6.45) is 0.298. The number of halogens is 3. The second-order valence-electron chi connectivity index (χ2n) is 5.89. The summed E-state index contributed by atoms with van der Waals surface area (Å²) in [4.78, 5) is 26.4. The molecule has 0 aliphatic heterocycles. The molecule has 0 atom stereocenters. The van der Waals surface area contributed by atoms with Crippen molar-refractivity contribution in [1.29, 1.82) is 0 Å². The molecule has 2 aromatic rings. The van der Waals surface area contributed by atoms with Crippen molar-refractivity contribution in [3.05, 3.63) is 65.7 Å². The topological polar surface area (TPSA) is 49.4 Å². The first-order valence-electron chi connectivity index (χ1n) is 8.24. The molecule has 0 radical (unpaired) electrons. The lowest BCUT2D eigenvalue weighted by molar-refractivity contribution is -0.137. The number of rotatable bonds is 6. The summed E-state index contributed by atoms with van der Waals surface area (Å²) in [5, 5.41) is 2.21. The van der Waals surface area contributed by atoms with Crippen molar-refractivity contribution < 1.29 is 22.8 Å². The maximum absolute atomic E-state index is 13.0. The molecule has 0 heterocycles. The van der Waals surface area contributed by atoms with E-state index in [-0.39, 0.29) is 12.2 Å². The van der Waals surface area contributed by atoms with E-state index in [0.717, 1.165) is 21.4 Å². The molecule has 0 aliphatic carbocycles. The zero-order valence-corrected chi connectivity index (χ0v) is 16.1. The van der Waals surface area contributed by atoms with Gasteiger partial charge in [0.15, 0.2) is 0 Å². The molecule has 0 aliphatic rings. The van der Waals surface area contributed by atoms with Crippen molar-refractivity contribution in [2.75, 3.05) is 25.2 Å². The van der Waals surface area contributed by atoms with Crippen molar-refractivity contribution in [3.8, 4) is 0 Å². The minimum atomic E-state index is -4.58. The van der Waals surface area contributed by atoms with E-state index in [9.17, 15) is 22.8 Å². The Morgan fingerprint density at radius 1 is 1.11 bits per heavy atom. The standard InChI is InChI=1S/C20H19F3N2O2S/c1-25(19(27)12-9-14-7-10-15(28-2)11-8-14)13-18(26)24-17-6-4-3-5-16(17)20(21,22)23/h3-12H,13H2,1-2H3,(H,24,26)/b12-9+. The number of anilines is 1. The van der Waals surface area contributed by atoms with Crippen molar-refractivity contribution >= 4 is 35.3 Å². The lowest BCUT2D eigenvalue weighted by Crippen LogP contribution is -2.34. The molecule has 28 heavy (non-hydrogen) atoms. The van der Waals surface area contributed by atoms with Crippen LogP contribution in [0.15, 0.2) is 59.5 Å². The molecule has 2 aromatic carbocycles. The van der Waals surface area contributed by atoms with Crippen LogP contribution in [0.25, 0.3) is 6.08 Å². The number of benzene rings is 2. The Kier molecular flexibility index (Phi) is 7.28. The number of para-hydroxylation sites is 1. The molecule has 0 aromatic heterocycles. The first-order chi connectivity index (χ1) is 13.2. The molecule has 0 saturated heterocycles. The highest BCUT2D eigenvalue weighted by atomic mass is 32.2. The summed E-state index contributed by atoms with van der Waals surface area (Å²) < 4.78 is 38.9. The molecule has 0 bridgehead atoms. The summed E-state index contributed by atoms with van der Waals surface area (Å²) in [5.41, 5.74) is -0.459. The first-order valence-corrected chi connectivity index (χ1v) is 9.46. The predicted molar refractivity (Wildman–Crippen MR) is 105 cm³/mol. The maximum Gasteiger partial charge on any atom is 0.418 e. The molecule has 148 valence electrons. The van der Waals surface area contributed by atoms with Gasteiger partial charge in [-0.1, -0.05) is 24.3 Å². The minimum Gasteiger partial charge on any atom is -0.333 e. The Labute approximate surface area is 165 Å². The van der Waals surface area contributed by atoms with Crippen LogP contribution in [0, 0.1) is 0 Å². The van der Waals surface area contributed by atoms with E-state index in [4.69, 9.17) is 0 Å². The van der Waals surface area contributed by atoms with Crippen LogP contribution in [0.2, 0.25) is 0 Å². The molecule has 8 heteroatoms. The SMILES string of the molecule is CSc1ccc(/C=C/C(=O)N(C)CC(=O)Nc2ccccc2C(F)(F)F)cc1. The zero-order valence-electron chi connectivity index (χ0n) is 15.3. The largest absolute Gasteiger partial charge is 0.418 e. The fourth-order valence-corrected chi connectivity index (χ4v) is 2.74. The number of nitrogens with zero attached hydrogens (tertiary/aromatic N) is 1. The highest BCUT2D eigenvalue weighted by Crippen LogP contribution is 2.34. The number of carbonyl (C=O) groups is 2. The molecule has 2 amide bonds. The van der Waals surface area contributed by atoms with Gasteiger partial charge < -0.3 is 10.2 Å². The number of hydrogen-bond donors (Lipinski definition) is 1. The van der Waals surface area contributed by atoms with E-state index in [1.54, 1.807) is 17.8 Å². The van der Waals surface area contributed by atoms with Gasteiger partial charge in [0.2, 0.25) is 11.8 Å². The second-order valence-corrected chi connectivity index (χ2v) is 6.77. The Bertz CT molecular complexity index is 864. The van der Waals surface area contributed by atoms with Crippen LogP contribution in [0.4, 0.5) is 18.9 Å². The van der Waals surface area contributed by atoms with Gasteiger partial charge in [-0.05, 0) is 42.2 Å². The van der Waals surface area contributed by atoms with E-state index in [0.29, 0.717) is 0 Å². The Morgan fingerprint density at radius 2 is 1.75 bits per heavy atom. The summed E-state index contributed by atoms with van der Waals surface area (Å²) in [6.45, 7) is -0.374. The summed E-state index contributed by atoms with van der Waals surface area (Å²) >= 11 is 1.60.